The summed E-state index contributed by atoms with van der Waals surface area (Å²) in [6.07, 6.45) is 5.70. The smallest absolute Gasteiger partial charge is 0.276 e. The van der Waals surface area contributed by atoms with Crippen molar-refractivity contribution < 1.29 is 23.9 Å². The monoisotopic (exact) mass is 732 g/mol. The fourth-order valence-electron chi connectivity index (χ4n) is 5.96. The Kier molecular flexibility index (Phi) is 12.4. The quantitative estimate of drug-likeness (QED) is 0.0635. The lowest BCUT2D eigenvalue weighted by Gasteiger charge is -2.34. The highest BCUT2D eigenvalue weighted by Crippen LogP contribution is 2.34. The molecular weight excluding hydrogens is 692 g/mol. The van der Waals surface area contributed by atoms with Crippen LogP contribution in [0.5, 0.6) is 23.1 Å². The van der Waals surface area contributed by atoms with Gasteiger partial charge in [0.1, 0.15) is 18.1 Å². The number of hydrogen-bond donors (Lipinski definition) is 0. The van der Waals surface area contributed by atoms with E-state index in [1.165, 1.54) is 29.0 Å². The van der Waals surface area contributed by atoms with Crippen molar-refractivity contribution in [2.75, 3.05) is 32.8 Å². The van der Waals surface area contributed by atoms with Crippen LogP contribution in [0, 0.1) is 24.0 Å². The van der Waals surface area contributed by atoms with E-state index in [0.29, 0.717) is 47.7 Å². The maximum absolute atomic E-state index is 13.0. The summed E-state index contributed by atoms with van der Waals surface area (Å²) >= 11 is 6.61. The third kappa shape index (κ3) is 10.4. The van der Waals surface area contributed by atoms with Crippen LogP contribution in [-0.4, -0.2) is 58.4 Å². The number of halogens is 1. The van der Waals surface area contributed by atoms with Crippen molar-refractivity contribution >= 4 is 29.3 Å². The number of hydrogen-bond acceptors (Lipinski definition) is 8. The number of pyridine rings is 1. The van der Waals surface area contributed by atoms with E-state index in [1.807, 2.05) is 30.0 Å². The SMILES string of the molecule is Cc1ccc(OCCc2ccc(CN3CCN(C(=O)C=Cc4cc(C)c(Oc5ccc(OCc6ccccc6[N+](=O)[O-])cn5)c(Cl)c4)CC3)cc2)cc1. The zero-order chi connectivity index (χ0) is 37.2. The van der Waals surface area contributed by atoms with Gasteiger partial charge < -0.3 is 19.1 Å². The molecule has 53 heavy (non-hydrogen) atoms. The Morgan fingerprint density at radius 3 is 2.30 bits per heavy atom. The molecule has 10 nitrogen and oxygen atoms in total. The molecule has 0 radical (unpaired) electrons. The molecule has 1 aromatic heterocycles. The number of nitrogens with zero attached hydrogens (tertiary/aromatic N) is 4. The van der Waals surface area contributed by atoms with Gasteiger partial charge in [-0.05, 0) is 78.6 Å². The first-order valence-electron chi connectivity index (χ1n) is 17.5. The van der Waals surface area contributed by atoms with Crippen molar-refractivity contribution in [3.8, 4) is 23.1 Å². The van der Waals surface area contributed by atoms with E-state index in [0.717, 1.165) is 42.9 Å². The zero-order valence-corrected chi connectivity index (χ0v) is 30.5. The van der Waals surface area contributed by atoms with Crippen LogP contribution in [0.2, 0.25) is 5.02 Å². The van der Waals surface area contributed by atoms with Crippen LogP contribution in [-0.2, 0) is 24.4 Å². The van der Waals surface area contributed by atoms with Gasteiger partial charge in [-0.3, -0.25) is 19.8 Å². The number of piperazine rings is 1. The van der Waals surface area contributed by atoms with Crippen LogP contribution in [0.4, 0.5) is 5.69 Å². The zero-order valence-electron chi connectivity index (χ0n) is 29.7. The lowest BCUT2D eigenvalue weighted by Crippen LogP contribution is -2.47. The number of rotatable bonds is 14. The Bertz CT molecular complexity index is 2020. The molecule has 1 fully saturated rings. The van der Waals surface area contributed by atoms with Crippen LogP contribution in [0.15, 0.2) is 109 Å². The van der Waals surface area contributed by atoms with E-state index in [1.54, 1.807) is 48.6 Å². The predicted octanol–water partition coefficient (Wildman–Crippen LogP) is 8.61. The van der Waals surface area contributed by atoms with Crippen molar-refractivity contribution in [2.24, 2.45) is 0 Å². The molecule has 0 spiro atoms. The second-order valence-corrected chi connectivity index (χ2v) is 13.3. The molecule has 0 aliphatic carbocycles. The van der Waals surface area contributed by atoms with Gasteiger partial charge in [-0.15, -0.1) is 0 Å². The standard InChI is InChI=1S/C42H41ClN4O6/c1-30-7-14-36(15-8-30)51-24-19-32-9-11-33(12-10-32)28-45-20-22-46(23-21-45)41(48)18-13-34-25-31(2)42(38(43)26-34)53-40-17-16-37(27-44-40)52-29-35-5-3-4-6-39(35)47(49)50/h3-18,25-27H,19-24,28-29H2,1-2H3. The van der Waals surface area contributed by atoms with Crippen LogP contribution in [0.3, 0.4) is 0 Å². The molecule has 1 aliphatic rings. The van der Waals surface area contributed by atoms with E-state index in [-0.39, 0.29) is 18.2 Å². The number of aromatic nitrogens is 1. The number of benzene rings is 4. The summed E-state index contributed by atoms with van der Waals surface area (Å²) in [6, 6.07) is 30.2. The first kappa shape index (κ1) is 37.1. The molecule has 2 heterocycles. The van der Waals surface area contributed by atoms with Crippen LogP contribution < -0.4 is 14.2 Å². The van der Waals surface area contributed by atoms with Gasteiger partial charge in [-0.1, -0.05) is 65.7 Å². The second-order valence-electron chi connectivity index (χ2n) is 12.9. The van der Waals surface area contributed by atoms with Crippen LogP contribution >= 0.6 is 11.6 Å². The number of amides is 1. The van der Waals surface area contributed by atoms with Gasteiger partial charge in [-0.2, -0.15) is 0 Å². The molecule has 5 aromatic rings. The van der Waals surface area contributed by atoms with Gasteiger partial charge in [-0.25, -0.2) is 4.98 Å². The highest BCUT2D eigenvalue weighted by atomic mass is 35.5. The summed E-state index contributed by atoms with van der Waals surface area (Å²) in [6.45, 7) is 8.38. The number of aryl methyl sites for hydroxylation is 2. The van der Waals surface area contributed by atoms with E-state index in [2.05, 4.69) is 53.2 Å². The van der Waals surface area contributed by atoms with Gasteiger partial charge in [0.25, 0.3) is 5.69 Å². The molecule has 0 unspecified atom stereocenters. The normalized spacial score (nSPS) is 13.2. The van der Waals surface area contributed by atoms with E-state index >= 15 is 0 Å². The van der Waals surface area contributed by atoms with Crippen molar-refractivity contribution in [1.29, 1.82) is 0 Å². The molecule has 6 rings (SSSR count). The number of nitro benzene ring substituents is 1. The van der Waals surface area contributed by atoms with Crippen molar-refractivity contribution in [2.45, 2.75) is 33.4 Å². The maximum atomic E-state index is 13.0. The first-order valence-corrected chi connectivity index (χ1v) is 17.8. The minimum absolute atomic E-state index is 0.00256. The Hall–Kier alpha value is -5.71. The van der Waals surface area contributed by atoms with E-state index in [4.69, 9.17) is 25.8 Å². The summed E-state index contributed by atoms with van der Waals surface area (Å²) in [5, 5.41) is 11.6. The molecule has 0 N–H and O–H groups in total. The van der Waals surface area contributed by atoms with E-state index < -0.39 is 4.92 Å². The lowest BCUT2D eigenvalue weighted by atomic mass is 10.1. The highest BCUT2D eigenvalue weighted by molar-refractivity contribution is 6.32. The molecule has 1 saturated heterocycles. The number of para-hydroxylation sites is 1. The van der Waals surface area contributed by atoms with Crippen molar-refractivity contribution in [3.05, 3.63) is 158 Å². The van der Waals surface area contributed by atoms with Gasteiger partial charge in [0.05, 0.1) is 28.3 Å². The average molecular weight is 733 g/mol. The molecule has 1 aliphatic heterocycles. The third-order valence-electron chi connectivity index (χ3n) is 8.96. The molecule has 0 atom stereocenters. The second kappa shape index (κ2) is 17.7. The summed E-state index contributed by atoms with van der Waals surface area (Å²) in [5.41, 5.74) is 5.73. The molecule has 4 aromatic carbocycles. The Morgan fingerprint density at radius 1 is 0.887 bits per heavy atom. The topological polar surface area (TPSA) is 107 Å². The highest BCUT2D eigenvalue weighted by Gasteiger charge is 2.20. The third-order valence-corrected chi connectivity index (χ3v) is 9.24. The maximum Gasteiger partial charge on any atom is 0.276 e. The van der Waals surface area contributed by atoms with E-state index in [9.17, 15) is 14.9 Å². The molecule has 1 amide bonds. The lowest BCUT2D eigenvalue weighted by molar-refractivity contribution is -0.385. The van der Waals surface area contributed by atoms with Gasteiger partial charge in [0.15, 0.2) is 5.75 Å². The predicted molar refractivity (Wildman–Crippen MR) is 206 cm³/mol. The Morgan fingerprint density at radius 2 is 1.60 bits per heavy atom. The summed E-state index contributed by atoms with van der Waals surface area (Å²) in [5.74, 6) is 2.05. The minimum atomic E-state index is -0.436. The molecule has 0 bridgehead atoms. The van der Waals surface area contributed by atoms with Gasteiger partial charge in [0.2, 0.25) is 11.8 Å². The van der Waals surface area contributed by atoms with Crippen molar-refractivity contribution in [1.82, 2.24) is 14.8 Å². The summed E-state index contributed by atoms with van der Waals surface area (Å²) in [4.78, 5) is 32.4. The minimum Gasteiger partial charge on any atom is -0.493 e. The summed E-state index contributed by atoms with van der Waals surface area (Å²) < 4.78 is 17.6. The van der Waals surface area contributed by atoms with Crippen LogP contribution in [0.1, 0.15) is 33.4 Å². The average Bonchev–Trinajstić information content (AvgIpc) is 3.17. The largest absolute Gasteiger partial charge is 0.493 e. The Balaban J connectivity index is 0.939. The Labute approximate surface area is 314 Å². The number of nitro groups is 1. The van der Waals surface area contributed by atoms with Gasteiger partial charge in [0, 0.05) is 57.4 Å². The fourth-order valence-corrected chi connectivity index (χ4v) is 6.28. The van der Waals surface area contributed by atoms with Crippen molar-refractivity contribution in [3.63, 3.8) is 0 Å². The van der Waals surface area contributed by atoms with Gasteiger partial charge >= 0.3 is 0 Å². The number of carbonyl (C=O) groups excluding carboxylic acids is 1. The van der Waals surface area contributed by atoms with Crippen LogP contribution in [0.25, 0.3) is 6.08 Å². The molecule has 0 saturated carbocycles. The number of ether oxygens (including phenoxy) is 3. The first-order chi connectivity index (χ1) is 25.7. The number of carbonyl (C=O) groups is 1. The molecule has 11 heteroatoms. The summed E-state index contributed by atoms with van der Waals surface area (Å²) in [7, 11) is 0. The molecular formula is C42H41ClN4O6. The molecule has 272 valence electrons. The fraction of sp³-hybridized carbons (Fsp3) is 0.238.